The number of benzene rings is 2. The lowest BCUT2D eigenvalue weighted by Crippen LogP contribution is -2.25. The molecular formula is C23H19ClN8O3S2. The van der Waals surface area contributed by atoms with Gasteiger partial charge in [0, 0.05) is 16.6 Å². The molecule has 5 rings (SSSR count). The first-order valence-corrected chi connectivity index (χ1v) is 13.8. The first-order chi connectivity index (χ1) is 17.8. The van der Waals surface area contributed by atoms with E-state index in [0.717, 1.165) is 10.9 Å². The van der Waals surface area contributed by atoms with Gasteiger partial charge in [0.15, 0.2) is 16.6 Å². The van der Waals surface area contributed by atoms with Crippen molar-refractivity contribution < 1.29 is 13.2 Å². The smallest absolute Gasteiger partial charge is 0.263 e. The molecule has 1 amide bonds. The Morgan fingerprint density at radius 3 is 2.54 bits per heavy atom. The van der Waals surface area contributed by atoms with Gasteiger partial charge in [0.05, 0.1) is 10.1 Å². The Kier molecular flexibility index (Phi) is 6.91. The predicted molar refractivity (Wildman–Crippen MR) is 142 cm³/mol. The number of hydrogen-bond acceptors (Lipinski definition) is 9. The summed E-state index contributed by atoms with van der Waals surface area (Å²) < 4.78 is 27.5. The van der Waals surface area contributed by atoms with Crippen molar-refractivity contribution in [3.05, 3.63) is 65.8 Å². The number of aromatic amines is 1. The van der Waals surface area contributed by atoms with Gasteiger partial charge in [-0.25, -0.2) is 13.4 Å². The molecule has 0 aliphatic heterocycles. The summed E-state index contributed by atoms with van der Waals surface area (Å²) in [5.74, 6) is -0.232. The number of carbonyl (C=O) groups excluding carboxylic acids is 1. The summed E-state index contributed by atoms with van der Waals surface area (Å²) >= 11 is 6.88. The number of amides is 1. The molecule has 188 valence electrons. The lowest BCUT2D eigenvalue weighted by Gasteiger charge is -2.14. The number of halogens is 1. The third kappa shape index (κ3) is 5.48. The van der Waals surface area contributed by atoms with Gasteiger partial charge < -0.3 is 10.3 Å². The summed E-state index contributed by atoms with van der Waals surface area (Å²) in [6, 6.07) is 16.3. The van der Waals surface area contributed by atoms with E-state index in [9.17, 15) is 13.2 Å². The Bertz CT molecular complexity index is 1690. The number of sulfonamides is 1. The highest BCUT2D eigenvalue weighted by Crippen LogP contribution is 2.27. The first-order valence-electron chi connectivity index (χ1n) is 11.0. The summed E-state index contributed by atoms with van der Waals surface area (Å²) in [7, 11) is -3.90. The van der Waals surface area contributed by atoms with E-state index in [0.29, 0.717) is 28.4 Å². The lowest BCUT2D eigenvalue weighted by molar-refractivity contribution is -0.115. The van der Waals surface area contributed by atoms with Crippen molar-refractivity contribution in [3.8, 4) is 0 Å². The van der Waals surface area contributed by atoms with Crippen LogP contribution in [0.1, 0.15) is 13.3 Å². The second-order valence-corrected chi connectivity index (χ2v) is 11.1. The Hall–Kier alpha value is -3.81. The maximum absolute atomic E-state index is 12.9. The molecule has 2 aromatic carbocycles. The normalized spacial score (nSPS) is 12.5. The van der Waals surface area contributed by atoms with Gasteiger partial charge in [-0.15, -0.1) is 20.4 Å². The minimum absolute atomic E-state index is 0.00484. The van der Waals surface area contributed by atoms with Gasteiger partial charge in [-0.3, -0.25) is 9.52 Å². The molecule has 1 unspecified atom stereocenters. The highest BCUT2D eigenvalue weighted by atomic mass is 35.5. The number of nitrogens with zero attached hydrogens (tertiary/aromatic N) is 5. The van der Waals surface area contributed by atoms with Crippen LogP contribution in [0.3, 0.4) is 0 Å². The maximum Gasteiger partial charge on any atom is 0.263 e. The van der Waals surface area contributed by atoms with Gasteiger partial charge in [0.2, 0.25) is 11.1 Å². The Balaban J connectivity index is 1.26. The Morgan fingerprint density at radius 1 is 1.03 bits per heavy atom. The van der Waals surface area contributed by atoms with Gasteiger partial charge in [-0.2, -0.15) is 0 Å². The molecule has 1 atom stereocenters. The van der Waals surface area contributed by atoms with Crippen LogP contribution in [-0.2, 0) is 14.8 Å². The van der Waals surface area contributed by atoms with Gasteiger partial charge in [0.1, 0.15) is 5.52 Å². The van der Waals surface area contributed by atoms with E-state index in [1.165, 1.54) is 48.2 Å². The zero-order valence-corrected chi connectivity index (χ0v) is 21.6. The fourth-order valence-electron chi connectivity index (χ4n) is 3.51. The zero-order chi connectivity index (χ0) is 26.0. The number of rotatable bonds is 8. The SMILES string of the molecule is CCC(Sc1nnc2c(n1)[nH]c1ccccc12)C(=O)Nc1ccc(S(=O)(=O)Nc2ccc(Cl)nn2)cc1. The molecular weight excluding hydrogens is 536 g/mol. The molecule has 0 saturated carbocycles. The third-order valence-corrected chi connectivity index (χ3v) is 8.10. The van der Waals surface area contributed by atoms with E-state index in [-0.39, 0.29) is 21.8 Å². The summed E-state index contributed by atoms with van der Waals surface area (Å²) in [4.78, 5) is 20.7. The summed E-state index contributed by atoms with van der Waals surface area (Å²) in [6.07, 6.45) is 0.517. The molecule has 0 radical (unpaired) electrons. The molecule has 0 aliphatic rings. The highest BCUT2D eigenvalue weighted by molar-refractivity contribution is 8.00. The molecule has 0 aliphatic carbocycles. The van der Waals surface area contributed by atoms with Crippen molar-refractivity contribution in [1.29, 1.82) is 0 Å². The molecule has 37 heavy (non-hydrogen) atoms. The number of H-pyrrole nitrogens is 1. The molecule has 0 spiro atoms. The van der Waals surface area contributed by atoms with E-state index < -0.39 is 15.3 Å². The van der Waals surface area contributed by atoms with E-state index in [1.54, 1.807) is 0 Å². The average molecular weight is 555 g/mol. The molecule has 14 heteroatoms. The third-order valence-electron chi connectivity index (χ3n) is 5.32. The van der Waals surface area contributed by atoms with Crippen LogP contribution < -0.4 is 10.0 Å². The molecule has 5 aromatic rings. The minimum Gasteiger partial charge on any atom is -0.338 e. The van der Waals surface area contributed by atoms with Gasteiger partial charge in [0.25, 0.3) is 10.0 Å². The second kappa shape index (κ2) is 10.3. The van der Waals surface area contributed by atoms with Crippen molar-refractivity contribution in [2.75, 3.05) is 10.0 Å². The van der Waals surface area contributed by atoms with Crippen molar-refractivity contribution in [3.63, 3.8) is 0 Å². The molecule has 3 N–H and O–H groups in total. The first kappa shape index (κ1) is 24.9. The lowest BCUT2D eigenvalue weighted by atomic mass is 10.2. The minimum atomic E-state index is -3.90. The molecule has 3 heterocycles. The van der Waals surface area contributed by atoms with Crippen molar-refractivity contribution in [2.24, 2.45) is 0 Å². The molecule has 3 aromatic heterocycles. The molecule has 11 nitrogen and oxygen atoms in total. The van der Waals surface area contributed by atoms with Crippen LogP contribution in [0, 0.1) is 0 Å². The quantitative estimate of drug-likeness (QED) is 0.238. The monoisotopic (exact) mass is 554 g/mol. The average Bonchev–Trinajstić information content (AvgIpc) is 3.26. The van der Waals surface area contributed by atoms with Crippen molar-refractivity contribution >= 4 is 72.9 Å². The van der Waals surface area contributed by atoms with Crippen LogP contribution in [0.15, 0.2) is 70.7 Å². The largest absolute Gasteiger partial charge is 0.338 e. The second-order valence-electron chi connectivity index (χ2n) is 7.84. The van der Waals surface area contributed by atoms with E-state index in [4.69, 9.17) is 11.6 Å². The predicted octanol–water partition coefficient (Wildman–Crippen LogP) is 4.26. The number of carbonyl (C=O) groups is 1. The van der Waals surface area contributed by atoms with Crippen LogP contribution in [0.2, 0.25) is 5.15 Å². The fourth-order valence-corrected chi connectivity index (χ4v) is 5.43. The number of anilines is 2. The zero-order valence-electron chi connectivity index (χ0n) is 19.2. The molecule has 0 saturated heterocycles. The number of hydrogen-bond donors (Lipinski definition) is 3. The van der Waals surface area contributed by atoms with Gasteiger partial charge in [-0.05, 0) is 48.9 Å². The molecule has 0 fully saturated rings. The summed E-state index contributed by atoms with van der Waals surface area (Å²) in [5, 5.41) is 19.6. The van der Waals surface area contributed by atoms with Crippen LogP contribution in [0.25, 0.3) is 22.1 Å². The topological polar surface area (TPSA) is 156 Å². The van der Waals surface area contributed by atoms with Crippen LogP contribution in [-0.4, -0.2) is 49.9 Å². The van der Waals surface area contributed by atoms with E-state index in [2.05, 4.69) is 40.4 Å². The number of fused-ring (bicyclic) bond motifs is 3. The fraction of sp³-hybridized carbons (Fsp3) is 0.130. The van der Waals surface area contributed by atoms with Crippen LogP contribution in [0.4, 0.5) is 11.5 Å². The summed E-state index contributed by atoms with van der Waals surface area (Å²) in [6.45, 7) is 1.88. The standard InChI is InChI=1S/C23H19ClN8O3S2/c1-2-17(36-23-27-21-20(30-31-23)15-5-3-4-6-16(15)26-21)22(33)25-13-7-9-14(10-8-13)37(34,35)32-19-12-11-18(24)28-29-19/h3-12,17H,2H2,1H3,(H,25,33)(H,29,32)(H,26,27,31). The summed E-state index contributed by atoms with van der Waals surface area (Å²) in [5.41, 5.74) is 2.63. The van der Waals surface area contributed by atoms with Crippen LogP contribution in [0.5, 0.6) is 0 Å². The number of para-hydroxylation sites is 1. The van der Waals surface area contributed by atoms with E-state index >= 15 is 0 Å². The molecule has 0 bridgehead atoms. The van der Waals surface area contributed by atoms with Gasteiger partial charge in [-0.1, -0.05) is 48.5 Å². The Labute approximate surface area is 220 Å². The highest BCUT2D eigenvalue weighted by Gasteiger charge is 2.21. The van der Waals surface area contributed by atoms with E-state index in [1.807, 2.05) is 31.2 Å². The number of thioether (sulfide) groups is 1. The Morgan fingerprint density at radius 2 is 1.81 bits per heavy atom. The van der Waals surface area contributed by atoms with Crippen molar-refractivity contribution in [1.82, 2.24) is 30.4 Å². The maximum atomic E-state index is 12.9. The van der Waals surface area contributed by atoms with Crippen molar-refractivity contribution in [2.45, 2.75) is 28.6 Å². The number of aromatic nitrogens is 6. The number of nitrogens with one attached hydrogen (secondary N) is 3. The van der Waals surface area contributed by atoms with Gasteiger partial charge >= 0.3 is 0 Å². The van der Waals surface area contributed by atoms with Crippen LogP contribution >= 0.6 is 23.4 Å².